The van der Waals surface area contributed by atoms with E-state index < -0.39 is 0 Å². The minimum atomic E-state index is -0.295. The third-order valence-electron chi connectivity index (χ3n) is 3.49. The van der Waals surface area contributed by atoms with Crippen LogP contribution in [0.1, 0.15) is 20.0 Å². The summed E-state index contributed by atoms with van der Waals surface area (Å²) in [5, 5.41) is 7.77. The SMILES string of the molecule is CSNc1cc(Cl)cc(NC(=O)c2cc(C(=O)Nc3ccccc3)cs2)c1. The van der Waals surface area contributed by atoms with E-state index in [1.54, 1.807) is 41.8 Å². The van der Waals surface area contributed by atoms with Gasteiger partial charge in [0.1, 0.15) is 0 Å². The Kier molecular flexibility index (Phi) is 6.39. The minimum absolute atomic E-state index is 0.259. The van der Waals surface area contributed by atoms with Gasteiger partial charge in [0, 0.05) is 33.7 Å². The highest BCUT2D eigenvalue weighted by Crippen LogP contribution is 2.25. The van der Waals surface area contributed by atoms with Crippen LogP contribution in [0.25, 0.3) is 0 Å². The fraction of sp³-hybridized carbons (Fsp3) is 0.0526. The Morgan fingerprint density at radius 3 is 2.37 bits per heavy atom. The molecular weight excluding hydrogens is 402 g/mol. The molecular formula is C19H16ClN3O2S2. The fourth-order valence-electron chi connectivity index (χ4n) is 2.33. The van der Waals surface area contributed by atoms with E-state index in [1.165, 1.54) is 23.3 Å². The number of rotatable bonds is 6. The Hall–Kier alpha value is -2.48. The first-order valence-electron chi connectivity index (χ1n) is 7.91. The summed E-state index contributed by atoms with van der Waals surface area (Å²) in [5.74, 6) is -0.554. The number of amides is 2. The molecule has 5 nitrogen and oxygen atoms in total. The molecule has 0 aliphatic carbocycles. The largest absolute Gasteiger partial charge is 0.330 e. The molecule has 1 aromatic heterocycles. The summed E-state index contributed by atoms with van der Waals surface area (Å²) >= 11 is 8.73. The standard InChI is InChI=1S/C19H16ClN3O2S2/c1-26-23-16-9-13(20)8-15(10-16)22-19(25)17-7-12(11-27-17)18(24)21-14-5-3-2-4-6-14/h2-11,23H,1H3,(H,21,24)(H,22,25). The van der Waals surface area contributed by atoms with Gasteiger partial charge in [-0.05, 0) is 36.4 Å². The van der Waals surface area contributed by atoms with Gasteiger partial charge in [-0.3, -0.25) is 9.59 Å². The molecule has 138 valence electrons. The van der Waals surface area contributed by atoms with E-state index in [4.69, 9.17) is 11.6 Å². The second-order valence-corrected chi connectivity index (χ2v) is 7.47. The Balaban J connectivity index is 1.69. The van der Waals surface area contributed by atoms with E-state index >= 15 is 0 Å². The third kappa shape index (κ3) is 5.26. The van der Waals surface area contributed by atoms with Gasteiger partial charge in [0.25, 0.3) is 11.8 Å². The summed E-state index contributed by atoms with van der Waals surface area (Å²) in [6.45, 7) is 0. The van der Waals surface area contributed by atoms with E-state index in [1.807, 2.05) is 24.5 Å². The number of para-hydroxylation sites is 1. The molecule has 27 heavy (non-hydrogen) atoms. The van der Waals surface area contributed by atoms with Gasteiger partial charge in [-0.15, -0.1) is 11.3 Å². The van der Waals surface area contributed by atoms with E-state index in [-0.39, 0.29) is 11.8 Å². The molecule has 0 saturated heterocycles. The van der Waals surface area contributed by atoms with Gasteiger partial charge < -0.3 is 15.4 Å². The zero-order valence-corrected chi connectivity index (χ0v) is 16.7. The normalized spacial score (nSPS) is 10.3. The number of benzene rings is 2. The summed E-state index contributed by atoms with van der Waals surface area (Å²) in [5.41, 5.74) is 2.50. The third-order valence-corrected chi connectivity index (χ3v) is 5.08. The monoisotopic (exact) mass is 417 g/mol. The molecule has 1 heterocycles. The molecule has 3 aromatic rings. The van der Waals surface area contributed by atoms with Crippen LogP contribution in [-0.2, 0) is 0 Å². The van der Waals surface area contributed by atoms with Crippen molar-refractivity contribution in [1.29, 1.82) is 0 Å². The topological polar surface area (TPSA) is 70.2 Å². The lowest BCUT2D eigenvalue weighted by Gasteiger charge is -2.08. The molecule has 0 aliphatic rings. The first-order chi connectivity index (χ1) is 13.0. The van der Waals surface area contributed by atoms with Crippen molar-refractivity contribution in [2.75, 3.05) is 21.6 Å². The number of anilines is 3. The maximum Gasteiger partial charge on any atom is 0.265 e. The Labute approximate surface area is 170 Å². The molecule has 3 rings (SSSR count). The maximum absolute atomic E-state index is 12.5. The molecule has 0 unspecified atom stereocenters. The fourth-order valence-corrected chi connectivity index (χ4v) is 3.70. The van der Waals surface area contributed by atoms with E-state index in [0.29, 0.717) is 26.8 Å². The zero-order chi connectivity index (χ0) is 19.2. The number of halogens is 1. The van der Waals surface area contributed by atoms with Crippen LogP contribution in [0.2, 0.25) is 5.02 Å². The number of hydrogen-bond acceptors (Lipinski definition) is 5. The van der Waals surface area contributed by atoms with Crippen molar-refractivity contribution in [2.24, 2.45) is 0 Å². The van der Waals surface area contributed by atoms with Crippen LogP contribution in [0, 0.1) is 0 Å². The van der Waals surface area contributed by atoms with Crippen LogP contribution in [0.3, 0.4) is 0 Å². The summed E-state index contributed by atoms with van der Waals surface area (Å²) < 4.78 is 3.07. The second kappa shape index (κ2) is 8.94. The predicted molar refractivity (Wildman–Crippen MR) is 115 cm³/mol. The Bertz CT molecular complexity index is 961. The zero-order valence-electron chi connectivity index (χ0n) is 14.3. The molecule has 2 amide bonds. The number of carbonyl (C=O) groups is 2. The minimum Gasteiger partial charge on any atom is -0.330 e. The number of nitrogens with one attached hydrogen (secondary N) is 3. The number of carbonyl (C=O) groups excluding carboxylic acids is 2. The van der Waals surface area contributed by atoms with Crippen molar-refractivity contribution < 1.29 is 9.59 Å². The molecule has 0 spiro atoms. The molecule has 0 atom stereocenters. The van der Waals surface area contributed by atoms with Crippen LogP contribution < -0.4 is 15.4 Å². The van der Waals surface area contributed by atoms with Crippen molar-refractivity contribution in [3.8, 4) is 0 Å². The van der Waals surface area contributed by atoms with Gasteiger partial charge in [-0.25, -0.2) is 0 Å². The highest BCUT2D eigenvalue weighted by Gasteiger charge is 2.14. The van der Waals surface area contributed by atoms with Crippen molar-refractivity contribution in [2.45, 2.75) is 0 Å². The highest BCUT2D eigenvalue weighted by atomic mass is 35.5. The van der Waals surface area contributed by atoms with Gasteiger partial charge in [-0.2, -0.15) is 0 Å². The average molecular weight is 418 g/mol. The summed E-state index contributed by atoms with van der Waals surface area (Å²) in [4.78, 5) is 25.2. The number of thiophene rings is 1. The molecule has 0 bridgehead atoms. The van der Waals surface area contributed by atoms with Crippen LogP contribution in [0.4, 0.5) is 17.1 Å². The first kappa shape index (κ1) is 19.3. The second-order valence-electron chi connectivity index (χ2n) is 5.51. The van der Waals surface area contributed by atoms with E-state index in [2.05, 4.69) is 15.4 Å². The molecule has 2 aromatic carbocycles. The molecule has 0 saturated carbocycles. The van der Waals surface area contributed by atoms with Gasteiger partial charge in [0.2, 0.25) is 0 Å². The highest BCUT2D eigenvalue weighted by molar-refractivity contribution is 7.99. The van der Waals surface area contributed by atoms with Crippen LogP contribution in [0.5, 0.6) is 0 Å². The van der Waals surface area contributed by atoms with Crippen molar-refractivity contribution in [3.63, 3.8) is 0 Å². The molecule has 3 N–H and O–H groups in total. The quantitative estimate of drug-likeness (QED) is 0.457. The number of hydrogen-bond donors (Lipinski definition) is 3. The lowest BCUT2D eigenvalue weighted by molar-refractivity contribution is 0.102. The molecule has 0 radical (unpaired) electrons. The van der Waals surface area contributed by atoms with Crippen LogP contribution >= 0.6 is 34.9 Å². The maximum atomic E-state index is 12.5. The smallest absolute Gasteiger partial charge is 0.265 e. The Morgan fingerprint density at radius 1 is 0.926 bits per heavy atom. The van der Waals surface area contributed by atoms with Crippen molar-refractivity contribution >= 4 is 63.8 Å². The molecule has 0 aliphatic heterocycles. The Morgan fingerprint density at radius 2 is 1.63 bits per heavy atom. The van der Waals surface area contributed by atoms with Crippen LogP contribution in [0.15, 0.2) is 60.0 Å². The van der Waals surface area contributed by atoms with Gasteiger partial charge in [0.15, 0.2) is 0 Å². The summed E-state index contributed by atoms with van der Waals surface area (Å²) in [6, 6.07) is 16.0. The van der Waals surface area contributed by atoms with Crippen LogP contribution in [-0.4, -0.2) is 18.1 Å². The van der Waals surface area contributed by atoms with Gasteiger partial charge >= 0.3 is 0 Å². The molecule has 0 fully saturated rings. The summed E-state index contributed by atoms with van der Waals surface area (Å²) in [7, 11) is 0. The summed E-state index contributed by atoms with van der Waals surface area (Å²) in [6.07, 6.45) is 1.90. The van der Waals surface area contributed by atoms with Crippen molar-refractivity contribution in [1.82, 2.24) is 0 Å². The first-order valence-corrected chi connectivity index (χ1v) is 10.4. The lowest BCUT2D eigenvalue weighted by Crippen LogP contribution is -2.12. The predicted octanol–water partition coefficient (Wildman–Crippen LogP) is 5.60. The van der Waals surface area contributed by atoms with Gasteiger partial charge in [0.05, 0.1) is 10.4 Å². The van der Waals surface area contributed by atoms with Gasteiger partial charge in [-0.1, -0.05) is 41.7 Å². The van der Waals surface area contributed by atoms with Crippen molar-refractivity contribution in [3.05, 3.63) is 75.4 Å². The molecule has 8 heteroatoms. The lowest BCUT2D eigenvalue weighted by atomic mass is 10.2. The van der Waals surface area contributed by atoms with E-state index in [9.17, 15) is 9.59 Å². The average Bonchev–Trinajstić information content (AvgIpc) is 3.13. The van der Waals surface area contributed by atoms with E-state index in [0.717, 1.165) is 5.69 Å².